The second kappa shape index (κ2) is 12.7. The van der Waals surface area contributed by atoms with Crippen molar-refractivity contribution in [3.63, 3.8) is 0 Å². The first-order valence-corrected chi connectivity index (χ1v) is 13.8. The first-order chi connectivity index (χ1) is 15.9. The average molecular weight is 492 g/mol. The van der Waals surface area contributed by atoms with E-state index in [1.165, 1.54) is 31.0 Å². The second-order valence-corrected chi connectivity index (χ2v) is 11.2. The molecule has 3 rings (SSSR count). The molecule has 1 aromatic rings. The molecule has 6 nitrogen and oxygen atoms in total. The standard InChI is InChI=1S/C25H37N3O3S2/c1-5-21(6-2)32-19(3)26-25(29)23-18-22(33(30)28-14-16-31-17-15-28)12-13-24(23)27(4)20-10-8-7-9-11-20/h5,12-13,18,20H,3,6-11,14-17H2,1-2,4H3,(H,26,29)/b21-5-. The lowest BCUT2D eigenvalue weighted by Crippen LogP contribution is -2.38. The predicted octanol–water partition coefficient (Wildman–Crippen LogP) is 5.06. The summed E-state index contributed by atoms with van der Waals surface area (Å²) in [4.78, 5) is 17.4. The highest BCUT2D eigenvalue weighted by Crippen LogP contribution is 2.31. The van der Waals surface area contributed by atoms with Crippen LogP contribution in [-0.2, 0) is 15.7 Å². The van der Waals surface area contributed by atoms with E-state index in [0.29, 0.717) is 47.8 Å². The highest BCUT2D eigenvalue weighted by molar-refractivity contribution is 8.06. The molecule has 1 aliphatic carbocycles. The highest BCUT2D eigenvalue weighted by Gasteiger charge is 2.25. The van der Waals surface area contributed by atoms with Crippen molar-refractivity contribution in [3.8, 4) is 0 Å². The number of rotatable bonds is 9. The maximum atomic E-state index is 13.4. The molecule has 2 aliphatic rings. The third kappa shape index (κ3) is 6.94. The minimum absolute atomic E-state index is 0.211. The first kappa shape index (κ1) is 26.0. The van der Waals surface area contributed by atoms with Gasteiger partial charge in [0.1, 0.15) is 11.0 Å². The van der Waals surface area contributed by atoms with Gasteiger partial charge in [-0.1, -0.05) is 50.6 Å². The van der Waals surface area contributed by atoms with Crippen LogP contribution in [0.1, 0.15) is 62.7 Å². The molecule has 1 aromatic carbocycles. The van der Waals surface area contributed by atoms with Gasteiger partial charge in [-0.2, -0.15) is 0 Å². The summed E-state index contributed by atoms with van der Waals surface area (Å²) in [7, 11) is 0.739. The van der Waals surface area contributed by atoms with Gasteiger partial charge in [0.05, 0.1) is 28.7 Å². The number of hydrogen-bond donors (Lipinski definition) is 1. The number of thioether (sulfide) groups is 1. The molecule has 8 heteroatoms. The molecule has 0 spiro atoms. The van der Waals surface area contributed by atoms with Gasteiger partial charge in [0, 0.05) is 31.9 Å². The smallest absolute Gasteiger partial charge is 0.258 e. The van der Waals surface area contributed by atoms with Crippen LogP contribution in [0.5, 0.6) is 0 Å². The van der Waals surface area contributed by atoms with Crippen LogP contribution < -0.4 is 10.2 Å². The van der Waals surface area contributed by atoms with E-state index in [1.54, 1.807) is 6.07 Å². The molecule has 1 saturated carbocycles. The van der Waals surface area contributed by atoms with Crippen molar-refractivity contribution in [2.75, 3.05) is 38.3 Å². The van der Waals surface area contributed by atoms with E-state index in [2.05, 4.69) is 30.8 Å². The molecule has 1 aliphatic heterocycles. The number of hydrogen-bond acceptors (Lipinski definition) is 5. The van der Waals surface area contributed by atoms with E-state index in [9.17, 15) is 9.00 Å². The molecule has 1 atom stereocenters. The maximum absolute atomic E-state index is 13.4. The molecule has 1 unspecified atom stereocenters. The fourth-order valence-corrected chi connectivity index (χ4v) is 6.26. The number of nitrogens with one attached hydrogen (secondary N) is 1. The van der Waals surface area contributed by atoms with Crippen LogP contribution in [0.25, 0.3) is 0 Å². The summed E-state index contributed by atoms with van der Waals surface area (Å²) in [5.41, 5.74) is 1.42. The number of allylic oxidation sites excluding steroid dienone is 2. The Hall–Kier alpha value is -1.61. The van der Waals surface area contributed by atoms with E-state index in [4.69, 9.17) is 4.74 Å². The number of anilines is 1. The molecule has 182 valence electrons. The van der Waals surface area contributed by atoms with Crippen LogP contribution in [0.4, 0.5) is 5.69 Å². The third-order valence-electron chi connectivity index (χ3n) is 6.30. The number of carbonyl (C=O) groups excluding carboxylic acids is 1. The van der Waals surface area contributed by atoms with Crippen molar-refractivity contribution in [2.24, 2.45) is 0 Å². The van der Waals surface area contributed by atoms with Gasteiger partial charge < -0.3 is 15.0 Å². The van der Waals surface area contributed by atoms with Crippen LogP contribution in [-0.4, -0.2) is 53.8 Å². The molecule has 1 heterocycles. The Morgan fingerprint density at radius 1 is 1.30 bits per heavy atom. The molecular formula is C25H37N3O3S2. The largest absolute Gasteiger partial charge is 0.379 e. The summed E-state index contributed by atoms with van der Waals surface area (Å²) in [6, 6.07) is 6.06. The Labute approximate surface area is 205 Å². The van der Waals surface area contributed by atoms with Crippen LogP contribution in [0.15, 0.2) is 45.7 Å². The van der Waals surface area contributed by atoms with E-state index in [1.807, 2.05) is 29.4 Å². The number of ether oxygens (including phenoxy) is 1. The summed E-state index contributed by atoms with van der Waals surface area (Å²) in [6.45, 7) is 10.5. The van der Waals surface area contributed by atoms with Gasteiger partial charge in [0.2, 0.25) is 0 Å². The fourth-order valence-electron chi connectivity index (χ4n) is 4.35. The zero-order chi connectivity index (χ0) is 23.8. The molecule has 33 heavy (non-hydrogen) atoms. The Morgan fingerprint density at radius 3 is 2.64 bits per heavy atom. The van der Waals surface area contributed by atoms with E-state index >= 15 is 0 Å². The maximum Gasteiger partial charge on any atom is 0.258 e. The number of morpholine rings is 1. The molecule has 0 aromatic heterocycles. The molecule has 1 saturated heterocycles. The van der Waals surface area contributed by atoms with E-state index < -0.39 is 11.0 Å². The first-order valence-electron chi connectivity index (χ1n) is 11.9. The van der Waals surface area contributed by atoms with Crippen molar-refractivity contribution in [2.45, 2.75) is 63.3 Å². The molecule has 1 N–H and O–H groups in total. The van der Waals surface area contributed by atoms with Crippen molar-refractivity contribution >= 4 is 34.3 Å². The van der Waals surface area contributed by atoms with Crippen LogP contribution in [0.3, 0.4) is 0 Å². The van der Waals surface area contributed by atoms with Crippen molar-refractivity contribution < 1.29 is 13.7 Å². The Morgan fingerprint density at radius 2 is 2.00 bits per heavy atom. The SMILES string of the molecule is C=C(NC(=O)c1cc(S(=O)N2CCOCC2)ccc1N(C)C1CCCCC1)S/C(=C\C)CC. The third-order valence-corrected chi connectivity index (χ3v) is 8.93. The van der Waals surface area contributed by atoms with Gasteiger partial charge in [0.25, 0.3) is 5.91 Å². The van der Waals surface area contributed by atoms with Gasteiger partial charge in [-0.25, -0.2) is 8.51 Å². The topological polar surface area (TPSA) is 61.9 Å². The average Bonchev–Trinajstić information content (AvgIpc) is 2.87. The van der Waals surface area contributed by atoms with Crippen LogP contribution >= 0.6 is 11.8 Å². The lowest BCUT2D eigenvalue weighted by atomic mass is 9.93. The molecule has 2 fully saturated rings. The summed E-state index contributed by atoms with van der Waals surface area (Å²) >= 11 is 1.48. The summed E-state index contributed by atoms with van der Waals surface area (Å²) in [6.07, 6.45) is 8.89. The Bertz CT molecular complexity index is 891. The number of carbonyl (C=O) groups is 1. The Kier molecular flexibility index (Phi) is 10.0. The Balaban J connectivity index is 1.87. The fraction of sp³-hybridized carbons (Fsp3) is 0.560. The molecular weight excluding hydrogens is 454 g/mol. The van der Waals surface area contributed by atoms with Crippen molar-refractivity contribution in [3.05, 3.63) is 46.4 Å². The zero-order valence-corrected chi connectivity index (χ0v) is 21.7. The van der Waals surface area contributed by atoms with Gasteiger partial charge in [-0.05, 0) is 49.3 Å². The summed E-state index contributed by atoms with van der Waals surface area (Å²) < 4.78 is 20.5. The van der Waals surface area contributed by atoms with Gasteiger partial charge >= 0.3 is 0 Å². The van der Waals surface area contributed by atoms with E-state index in [0.717, 1.165) is 29.9 Å². The lowest BCUT2D eigenvalue weighted by molar-refractivity contribution is 0.0752. The van der Waals surface area contributed by atoms with Gasteiger partial charge in [0.15, 0.2) is 0 Å². The minimum atomic E-state index is -1.33. The normalized spacial score (nSPS) is 19.2. The van der Waals surface area contributed by atoms with Crippen molar-refractivity contribution in [1.29, 1.82) is 0 Å². The quantitative estimate of drug-likeness (QED) is 0.523. The predicted molar refractivity (Wildman–Crippen MR) is 139 cm³/mol. The minimum Gasteiger partial charge on any atom is -0.379 e. The van der Waals surface area contributed by atoms with Crippen LogP contribution in [0.2, 0.25) is 0 Å². The number of benzene rings is 1. The molecule has 0 radical (unpaired) electrons. The monoisotopic (exact) mass is 491 g/mol. The number of amides is 1. The second-order valence-electron chi connectivity index (χ2n) is 8.46. The van der Waals surface area contributed by atoms with Crippen molar-refractivity contribution in [1.82, 2.24) is 9.62 Å². The zero-order valence-electron chi connectivity index (χ0n) is 20.1. The molecule has 0 bridgehead atoms. The number of nitrogens with zero attached hydrogens (tertiary/aromatic N) is 2. The van der Waals surface area contributed by atoms with E-state index in [-0.39, 0.29) is 5.91 Å². The van der Waals surface area contributed by atoms with Crippen LogP contribution in [0, 0.1) is 0 Å². The lowest BCUT2D eigenvalue weighted by Gasteiger charge is -2.34. The highest BCUT2D eigenvalue weighted by atomic mass is 32.2. The molecule has 1 amide bonds. The van der Waals surface area contributed by atoms with Gasteiger partial charge in [-0.3, -0.25) is 4.79 Å². The van der Waals surface area contributed by atoms with Gasteiger partial charge in [-0.15, -0.1) is 0 Å². The summed E-state index contributed by atoms with van der Waals surface area (Å²) in [5, 5.41) is 3.57. The summed E-state index contributed by atoms with van der Waals surface area (Å²) in [5.74, 6) is -0.211.